The largest absolute Gasteiger partial charge is 0.285 e. The van der Waals surface area contributed by atoms with Gasteiger partial charge in [-0.3, -0.25) is 14.5 Å². The van der Waals surface area contributed by atoms with Gasteiger partial charge in [-0.15, -0.1) is 0 Å². The van der Waals surface area contributed by atoms with Gasteiger partial charge in [0.1, 0.15) is 0 Å². The van der Waals surface area contributed by atoms with Crippen LogP contribution in [0, 0.1) is 18.8 Å². The van der Waals surface area contributed by atoms with E-state index < -0.39 is 5.54 Å². The van der Waals surface area contributed by atoms with Gasteiger partial charge in [-0.2, -0.15) is 15.2 Å². The van der Waals surface area contributed by atoms with Crippen LogP contribution in [0.15, 0.2) is 29.4 Å². The number of benzene rings is 1. The Kier molecular flexibility index (Phi) is 2.76. The third-order valence-electron chi connectivity index (χ3n) is 5.63. The van der Waals surface area contributed by atoms with Crippen LogP contribution in [0.1, 0.15) is 19.4 Å². The molecule has 0 radical (unpaired) electrons. The number of hydrogen-bond acceptors (Lipinski definition) is 5. The van der Waals surface area contributed by atoms with Crippen molar-refractivity contribution in [2.45, 2.75) is 26.3 Å². The molecular weight excluding hydrogens is 292 g/mol. The van der Waals surface area contributed by atoms with Gasteiger partial charge in [0, 0.05) is 13.6 Å². The smallest absolute Gasteiger partial charge is 0.235 e. The number of likely N-dealkylation sites (tertiary alicyclic amines) is 1. The molecule has 0 spiro atoms. The molecule has 0 aromatic heterocycles. The predicted octanol–water partition coefficient (Wildman–Crippen LogP) is 1.41. The second-order valence-corrected chi connectivity index (χ2v) is 6.86. The quantitative estimate of drug-likeness (QED) is 0.736. The first-order valence-corrected chi connectivity index (χ1v) is 7.87. The van der Waals surface area contributed by atoms with Crippen molar-refractivity contribution in [3.8, 4) is 0 Å². The van der Waals surface area contributed by atoms with Crippen molar-refractivity contribution in [3.05, 3.63) is 29.8 Å². The minimum Gasteiger partial charge on any atom is -0.285 e. The van der Waals surface area contributed by atoms with E-state index in [1.807, 2.05) is 50.2 Å². The van der Waals surface area contributed by atoms with Gasteiger partial charge in [-0.05, 0) is 32.9 Å². The molecule has 120 valence electrons. The number of hydrazine groups is 1. The van der Waals surface area contributed by atoms with Crippen molar-refractivity contribution in [1.29, 1.82) is 0 Å². The van der Waals surface area contributed by atoms with Crippen LogP contribution in [0.3, 0.4) is 0 Å². The van der Waals surface area contributed by atoms with Crippen molar-refractivity contribution >= 4 is 23.2 Å². The van der Waals surface area contributed by atoms with Crippen LogP contribution < -0.4 is 5.12 Å². The Hall–Kier alpha value is -2.21. The second-order valence-electron chi connectivity index (χ2n) is 6.86. The zero-order valence-electron chi connectivity index (χ0n) is 13.8. The van der Waals surface area contributed by atoms with Gasteiger partial charge in [-0.25, -0.2) is 0 Å². The summed E-state index contributed by atoms with van der Waals surface area (Å²) in [5.41, 5.74) is 2.48. The van der Waals surface area contributed by atoms with Gasteiger partial charge in [0.25, 0.3) is 0 Å². The summed E-state index contributed by atoms with van der Waals surface area (Å²) in [6, 6.07) is 8.11. The fourth-order valence-electron chi connectivity index (χ4n) is 4.09. The summed E-state index contributed by atoms with van der Waals surface area (Å²) in [4.78, 5) is 26.2. The molecule has 0 bridgehead atoms. The first-order valence-electron chi connectivity index (χ1n) is 7.87. The van der Waals surface area contributed by atoms with Crippen molar-refractivity contribution < 1.29 is 9.59 Å². The number of carbonyl (C=O) groups is 2. The SMILES string of the molecule is CC1=NN(c2ccc(C)cc2)N2C[C@@H]3C(=O)N(C)C(=O)[C@@H]3[C@@]12C. The number of rotatable bonds is 1. The highest BCUT2D eigenvalue weighted by molar-refractivity contribution is 6.11. The summed E-state index contributed by atoms with van der Waals surface area (Å²) in [5.74, 6) is -0.798. The minimum atomic E-state index is -0.535. The predicted molar refractivity (Wildman–Crippen MR) is 86.6 cm³/mol. The van der Waals surface area contributed by atoms with Crippen molar-refractivity contribution in [1.82, 2.24) is 9.91 Å². The molecule has 4 rings (SSSR count). The van der Waals surface area contributed by atoms with Gasteiger partial charge in [0.15, 0.2) is 0 Å². The van der Waals surface area contributed by atoms with E-state index in [2.05, 4.69) is 10.1 Å². The molecule has 0 aliphatic carbocycles. The minimum absolute atomic E-state index is 0.0766. The number of nitrogens with zero attached hydrogens (tertiary/aromatic N) is 4. The van der Waals surface area contributed by atoms with E-state index in [1.165, 1.54) is 10.5 Å². The van der Waals surface area contributed by atoms with E-state index >= 15 is 0 Å². The average Bonchev–Trinajstić information content (AvgIpc) is 3.04. The molecule has 2 fully saturated rings. The molecule has 0 saturated carbocycles. The Morgan fingerprint density at radius 3 is 2.43 bits per heavy atom. The van der Waals surface area contributed by atoms with Gasteiger partial charge >= 0.3 is 0 Å². The van der Waals surface area contributed by atoms with E-state index in [4.69, 9.17) is 0 Å². The first-order chi connectivity index (χ1) is 10.9. The summed E-state index contributed by atoms with van der Waals surface area (Å²) in [6.07, 6.45) is 0. The number of fused-ring (bicyclic) bond motifs is 3. The lowest BCUT2D eigenvalue weighted by Crippen LogP contribution is -2.53. The maximum atomic E-state index is 12.6. The number of carbonyl (C=O) groups excluding carboxylic acids is 2. The Morgan fingerprint density at radius 1 is 1.13 bits per heavy atom. The van der Waals surface area contributed by atoms with Crippen LogP contribution in [-0.4, -0.2) is 46.6 Å². The molecule has 0 unspecified atom stereocenters. The molecule has 3 aliphatic rings. The third kappa shape index (κ3) is 1.64. The van der Waals surface area contributed by atoms with Crippen LogP contribution in [0.4, 0.5) is 5.69 Å². The molecule has 0 N–H and O–H groups in total. The summed E-state index contributed by atoms with van der Waals surface area (Å²) >= 11 is 0. The van der Waals surface area contributed by atoms with Gasteiger partial charge in [-0.1, -0.05) is 17.7 Å². The zero-order chi connectivity index (χ0) is 16.5. The Labute approximate surface area is 135 Å². The first kappa shape index (κ1) is 14.4. The number of hydrazone groups is 1. The lowest BCUT2D eigenvalue weighted by Gasteiger charge is -2.35. The van der Waals surface area contributed by atoms with E-state index in [1.54, 1.807) is 7.05 Å². The lowest BCUT2D eigenvalue weighted by atomic mass is 9.80. The fourth-order valence-corrected chi connectivity index (χ4v) is 4.09. The van der Waals surface area contributed by atoms with Crippen molar-refractivity contribution in [3.63, 3.8) is 0 Å². The van der Waals surface area contributed by atoms with Crippen molar-refractivity contribution in [2.24, 2.45) is 16.9 Å². The highest BCUT2D eigenvalue weighted by Gasteiger charge is 2.66. The van der Waals surface area contributed by atoms with Crippen LogP contribution in [0.5, 0.6) is 0 Å². The number of imide groups is 1. The highest BCUT2D eigenvalue weighted by atomic mass is 16.2. The second kappa shape index (κ2) is 4.41. The lowest BCUT2D eigenvalue weighted by molar-refractivity contribution is -0.139. The number of hydrogen-bond donors (Lipinski definition) is 0. The molecule has 1 aromatic carbocycles. The Bertz CT molecular complexity index is 741. The van der Waals surface area contributed by atoms with Crippen LogP contribution in [0.2, 0.25) is 0 Å². The molecule has 2 amide bonds. The van der Waals surface area contributed by atoms with Crippen LogP contribution in [0.25, 0.3) is 0 Å². The summed E-state index contributed by atoms with van der Waals surface area (Å²) in [6.45, 7) is 6.53. The van der Waals surface area contributed by atoms with E-state index in [0.29, 0.717) is 6.54 Å². The normalized spacial score (nSPS) is 33.3. The van der Waals surface area contributed by atoms with Gasteiger partial charge in [0.05, 0.1) is 28.8 Å². The molecule has 1 aromatic rings. The van der Waals surface area contributed by atoms with Gasteiger partial charge < -0.3 is 0 Å². The molecule has 3 atom stereocenters. The van der Waals surface area contributed by atoms with Crippen LogP contribution in [-0.2, 0) is 9.59 Å². The molecule has 3 heterocycles. The van der Waals surface area contributed by atoms with Gasteiger partial charge in [0.2, 0.25) is 11.8 Å². The average molecular weight is 312 g/mol. The van der Waals surface area contributed by atoms with E-state index in [0.717, 1.165) is 11.4 Å². The molecule has 6 heteroatoms. The molecule has 3 aliphatic heterocycles. The third-order valence-corrected chi connectivity index (χ3v) is 5.63. The monoisotopic (exact) mass is 312 g/mol. The highest BCUT2D eigenvalue weighted by Crippen LogP contribution is 2.49. The molecular formula is C17H20N4O2. The Balaban J connectivity index is 1.77. The standard InChI is InChI=1S/C17H20N4O2/c1-10-5-7-12(8-6-10)21-18-11(2)17(3)14-13(9-20(17)21)15(22)19(4)16(14)23/h5-8,13-14H,9H2,1-4H3/t13-,14+,17+/m0/s1. The summed E-state index contributed by atoms with van der Waals surface area (Å²) in [7, 11) is 1.58. The Morgan fingerprint density at radius 2 is 1.78 bits per heavy atom. The van der Waals surface area contributed by atoms with Crippen molar-refractivity contribution in [2.75, 3.05) is 18.7 Å². The number of anilines is 1. The maximum absolute atomic E-state index is 12.6. The summed E-state index contributed by atoms with van der Waals surface area (Å²) in [5, 5.41) is 8.61. The topological polar surface area (TPSA) is 56.2 Å². The number of amides is 2. The zero-order valence-corrected chi connectivity index (χ0v) is 13.8. The molecule has 6 nitrogen and oxygen atoms in total. The fraction of sp³-hybridized carbons (Fsp3) is 0.471. The molecule has 23 heavy (non-hydrogen) atoms. The summed E-state index contributed by atoms with van der Waals surface area (Å²) < 4.78 is 0. The van der Waals surface area contributed by atoms with Crippen LogP contribution >= 0.6 is 0 Å². The maximum Gasteiger partial charge on any atom is 0.235 e. The number of aryl methyl sites for hydroxylation is 1. The molecule has 2 saturated heterocycles. The van der Waals surface area contributed by atoms with E-state index in [9.17, 15) is 9.59 Å². The van der Waals surface area contributed by atoms with E-state index in [-0.39, 0.29) is 23.7 Å².